The average molecular weight is 307 g/mol. The quantitative estimate of drug-likeness (QED) is 0.759. The van der Waals surface area contributed by atoms with E-state index in [4.69, 9.17) is 0 Å². The van der Waals surface area contributed by atoms with Gasteiger partial charge in [-0.3, -0.25) is 9.59 Å². The first-order valence-electron chi connectivity index (χ1n) is 8.25. The highest BCUT2D eigenvalue weighted by molar-refractivity contribution is 6.23. The Balaban J connectivity index is 1.59. The fourth-order valence-corrected chi connectivity index (χ4v) is 4.91. The molecule has 0 spiro atoms. The summed E-state index contributed by atoms with van der Waals surface area (Å²) in [6.07, 6.45) is 5.03. The van der Waals surface area contributed by atoms with Gasteiger partial charge in [0.05, 0.1) is 23.0 Å². The first-order valence-corrected chi connectivity index (χ1v) is 8.25. The predicted octanol–water partition coefficient (Wildman–Crippen LogP) is 2.47. The van der Waals surface area contributed by atoms with Crippen LogP contribution in [-0.2, 0) is 9.59 Å². The van der Waals surface area contributed by atoms with E-state index in [9.17, 15) is 9.59 Å². The summed E-state index contributed by atoms with van der Waals surface area (Å²) < 4.78 is 0. The van der Waals surface area contributed by atoms with Gasteiger partial charge in [-0.25, -0.2) is 14.9 Å². The number of aryl methyl sites for hydroxylation is 1. The number of fused-ring (bicyclic) bond motifs is 6. The largest absolute Gasteiger partial charge is 0.274 e. The SMILES string of the molecule is Cc1ncc2ccc(N3C(=O)[C@@H]4C5CCC(C5)[C@@H]4C3=O)cc2n1. The topological polar surface area (TPSA) is 63.2 Å². The minimum absolute atomic E-state index is 0.00247. The van der Waals surface area contributed by atoms with Crippen molar-refractivity contribution in [1.82, 2.24) is 9.97 Å². The van der Waals surface area contributed by atoms with Gasteiger partial charge in [0.1, 0.15) is 5.82 Å². The summed E-state index contributed by atoms with van der Waals surface area (Å²) in [6, 6.07) is 5.55. The van der Waals surface area contributed by atoms with Gasteiger partial charge < -0.3 is 0 Å². The van der Waals surface area contributed by atoms with Crippen LogP contribution in [-0.4, -0.2) is 21.8 Å². The van der Waals surface area contributed by atoms with Crippen LogP contribution in [0.3, 0.4) is 0 Å². The molecule has 2 unspecified atom stereocenters. The molecule has 2 aromatic rings. The monoisotopic (exact) mass is 307 g/mol. The van der Waals surface area contributed by atoms with Crippen molar-refractivity contribution in [2.75, 3.05) is 4.90 Å². The number of benzene rings is 1. The van der Waals surface area contributed by atoms with Crippen LogP contribution in [0.5, 0.6) is 0 Å². The third-order valence-corrected chi connectivity index (χ3v) is 5.87. The van der Waals surface area contributed by atoms with Crippen molar-refractivity contribution < 1.29 is 9.59 Å². The molecule has 4 atom stereocenters. The van der Waals surface area contributed by atoms with E-state index in [0.717, 1.165) is 30.2 Å². The fourth-order valence-electron chi connectivity index (χ4n) is 4.91. The Morgan fingerprint density at radius 3 is 2.48 bits per heavy atom. The maximum Gasteiger partial charge on any atom is 0.237 e. The average Bonchev–Trinajstić information content (AvgIpc) is 3.21. The molecule has 116 valence electrons. The first-order chi connectivity index (χ1) is 11.1. The third kappa shape index (κ3) is 1.68. The van der Waals surface area contributed by atoms with E-state index >= 15 is 0 Å². The molecule has 2 aliphatic carbocycles. The normalized spacial score (nSPS) is 32.1. The van der Waals surface area contributed by atoms with Gasteiger partial charge in [-0.2, -0.15) is 0 Å². The van der Waals surface area contributed by atoms with Gasteiger partial charge in [0.25, 0.3) is 0 Å². The fraction of sp³-hybridized carbons (Fsp3) is 0.444. The molecule has 2 saturated carbocycles. The van der Waals surface area contributed by atoms with Crippen molar-refractivity contribution in [2.45, 2.75) is 26.2 Å². The predicted molar refractivity (Wildman–Crippen MR) is 84.6 cm³/mol. The third-order valence-electron chi connectivity index (χ3n) is 5.87. The van der Waals surface area contributed by atoms with Crippen molar-refractivity contribution in [2.24, 2.45) is 23.7 Å². The highest BCUT2D eigenvalue weighted by atomic mass is 16.2. The highest BCUT2D eigenvalue weighted by Crippen LogP contribution is 2.56. The molecule has 2 amide bonds. The smallest absolute Gasteiger partial charge is 0.237 e. The minimum atomic E-state index is -0.0796. The number of anilines is 1. The molecule has 2 bridgehead atoms. The first kappa shape index (κ1) is 13.2. The molecule has 23 heavy (non-hydrogen) atoms. The number of carbonyl (C=O) groups excluding carboxylic acids is 2. The summed E-state index contributed by atoms with van der Waals surface area (Å²) in [4.78, 5) is 35.7. The molecule has 0 N–H and O–H groups in total. The van der Waals surface area contributed by atoms with E-state index in [0.29, 0.717) is 23.3 Å². The van der Waals surface area contributed by atoms with E-state index in [1.165, 1.54) is 4.90 Å². The molecule has 1 aromatic carbocycles. The summed E-state index contributed by atoms with van der Waals surface area (Å²) in [5, 5.41) is 0.915. The maximum absolute atomic E-state index is 12.9. The number of aromatic nitrogens is 2. The van der Waals surface area contributed by atoms with E-state index in [2.05, 4.69) is 9.97 Å². The Morgan fingerprint density at radius 1 is 1.09 bits per heavy atom. The van der Waals surface area contributed by atoms with E-state index in [-0.39, 0.29) is 23.7 Å². The molecule has 5 heteroatoms. The van der Waals surface area contributed by atoms with Gasteiger partial charge in [-0.15, -0.1) is 0 Å². The van der Waals surface area contributed by atoms with E-state index < -0.39 is 0 Å². The molecule has 1 aromatic heterocycles. The van der Waals surface area contributed by atoms with Gasteiger partial charge in [-0.05, 0) is 56.2 Å². The van der Waals surface area contributed by atoms with Gasteiger partial charge in [0.15, 0.2) is 0 Å². The summed E-state index contributed by atoms with van der Waals surface area (Å²) in [5.41, 5.74) is 1.43. The molecule has 5 nitrogen and oxygen atoms in total. The molecule has 2 heterocycles. The van der Waals surface area contributed by atoms with Gasteiger partial charge >= 0.3 is 0 Å². The van der Waals surface area contributed by atoms with Crippen LogP contribution in [0.2, 0.25) is 0 Å². The van der Waals surface area contributed by atoms with Crippen LogP contribution < -0.4 is 4.90 Å². The molecule has 3 fully saturated rings. The molecule has 0 radical (unpaired) electrons. The maximum atomic E-state index is 12.9. The molecule has 5 rings (SSSR count). The Kier molecular flexibility index (Phi) is 2.50. The second-order valence-electron chi connectivity index (χ2n) is 7.06. The van der Waals surface area contributed by atoms with Gasteiger partial charge in [0, 0.05) is 11.6 Å². The second-order valence-corrected chi connectivity index (χ2v) is 7.06. The molecule has 3 aliphatic rings. The number of carbonyl (C=O) groups is 2. The molecular formula is C18H17N3O2. The van der Waals surface area contributed by atoms with Crippen LogP contribution in [0.15, 0.2) is 24.4 Å². The highest BCUT2D eigenvalue weighted by Gasteiger charge is 2.61. The molecule has 1 aliphatic heterocycles. The van der Waals surface area contributed by atoms with Gasteiger partial charge in [0.2, 0.25) is 11.8 Å². The van der Waals surface area contributed by atoms with Crippen molar-refractivity contribution in [3.05, 3.63) is 30.2 Å². The van der Waals surface area contributed by atoms with Crippen LogP contribution in [0.25, 0.3) is 10.9 Å². The minimum Gasteiger partial charge on any atom is -0.274 e. The number of hydrogen-bond donors (Lipinski definition) is 0. The molecule has 1 saturated heterocycles. The second kappa shape index (κ2) is 4.37. The van der Waals surface area contributed by atoms with Crippen molar-refractivity contribution in [1.29, 1.82) is 0 Å². The van der Waals surface area contributed by atoms with E-state index in [1.54, 1.807) is 6.20 Å². The van der Waals surface area contributed by atoms with Gasteiger partial charge in [-0.1, -0.05) is 0 Å². The van der Waals surface area contributed by atoms with E-state index in [1.807, 2.05) is 25.1 Å². The van der Waals surface area contributed by atoms with Crippen LogP contribution in [0, 0.1) is 30.6 Å². The summed E-state index contributed by atoms with van der Waals surface area (Å²) in [5.74, 6) is 1.35. The lowest BCUT2D eigenvalue weighted by Gasteiger charge is -2.19. The summed E-state index contributed by atoms with van der Waals surface area (Å²) >= 11 is 0. The number of rotatable bonds is 1. The Morgan fingerprint density at radius 2 is 1.78 bits per heavy atom. The number of hydrogen-bond acceptors (Lipinski definition) is 4. The van der Waals surface area contributed by atoms with Crippen molar-refractivity contribution in [3.63, 3.8) is 0 Å². The van der Waals surface area contributed by atoms with Crippen molar-refractivity contribution in [3.8, 4) is 0 Å². The number of imide groups is 1. The Labute approximate surface area is 133 Å². The lowest BCUT2D eigenvalue weighted by atomic mass is 9.81. The van der Waals surface area contributed by atoms with Crippen LogP contribution >= 0.6 is 0 Å². The summed E-state index contributed by atoms with van der Waals surface area (Å²) in [6.45, 7) is 1.83. The van der Waals surface area contributed by atoms with Crippen molar-refractivity contribution >= 4 is 28.4 Å². The zero-order chi connectivity index (χ0) is 15.7. The lowest BCUT2D eigenvalue weighted by Crippen LogP contribution is -2.32. The standard InChI is InChI=1S/C18H17N3O2/c1-9-19-8-12-4-5-13(7-14(12)20-9)21-17(22)15-10-2-3-11(6-10)16(15)18(21)23/h4-5,7-8,10-11,15-16H,2-3,6H2,1H3/t10?,11?,15-,16+. The lowest BCUT2D eigenvalue weighted by molar-refractivity contribution is -0.123. The summed E-state index contributed by atoms with van der Waals surface area (Å²) in [7, 11) is 0. The van der Waals surface area contributed by atoms with Crippen LogP contribution in [0.1, 0.15) is 25.1 Å². The zero-order valence-electron chi connectivity index (χ0n) is 12.9. The Hall–Kier alpha value is -2.30. The molecular weight excluding hydrogens is 290 g/mol. The zero-order valence-corrected chi connectivity index (χ0v) is 12.9. The Bertz CT molecular complexity index is 834. The number of nitrogens with zero attached hydrogens (tertiary/aromatic N) is 3. The number of amides is 2. The van der Waals surface area contributed by atoms with Crippen LogP contribution in [0.4, 0.5) is 5.69 Å².